The number of hydrogen-bond acceptors (Lipinski definition) is 6. The summed E-state index contributed by atoms with van der Waals surface area (Å²) >= 11 is 0. The van der Waals surface area contributed by atoms with Crippen molar-refractivity contribution in [3.63, 3.8) is 0 Å². The zero-order valence-electron chi connectivity index (χ0n) is 27.6. The number of aryl methyl sites for hydroxylation is 1. The number of carbonyl (C=O) groups is 2. The quantitative estimate of drug-likeness (QED) is 0.174. The third-order valence-corrected chi connectivity index (χ3v) is 9.77. The van der Waals surface area contributed by atoms with Gasteiger partial charge in [0.05, 0.1) is 24.8 Å². The van der Waals surface area contributed by atoms with Gasteiger partial charge in [0.25, 0.3) is 10.0 Å². The molecule has 10 heteroatoms. The second kappa shape index (κ2) is 16.1. The molecule has 248 valence electrons. The van der Waals surface area contributed by atoms with Gasteiger partial charge in [0.15, 0.2) is 0 Å². The average Bonchev–Trinajstić information content (AvgIpc) is 3.09. The Morgan fingerprint density at radius 3 is 2.15 bits per heavy atom. The standard InChI is InChI=1S/C37H43N3O6S/c1-6-28(3)38-37(42)34(24-29-13-8-7-9-14-29)39(25-30-15-12-16-31(23-30)45-4)36(41)26-40(33-17-10-11-18-35(33)46-5)47(43,44)32-21-19-27(2)20-22-32/h7-23,28,34H,6,24-26H2,1-5H3,(H,38,42)/t28-,34-/m1/s1. The lowest BCUT2D eigenvalue weighted by molar-refractivity contribution is -0.140. The van der Waals surface area contributed by atoms with Crippen LogP contribution in [0.3, 0.4) is 0 Å². The van der Waals surface area contributed by atoms with Gasteiger partial charge in [-0.1, -0.05) is 79.2 Å². The van der Waals surface area contributed by atoms with Crippen LogP contribution in [0.5, 0.6) is 11.5 Å². The van der Waals surface area contributed by atoms with Crippen LogP contribution >= 0.6 is 0 Å². The van der Waals surface area contributed by atoms with E-state index in [0.29, 0.717) is 12.2 Å². The second-order valence-corrected chi connectivity index (χ2v) is 13.3. The van der Waals surface area contributed by atoms with E-state index in [0.717, 1.165) is 21.0 Å². The second-order valence-electron chi connectivity index (χ2n) is 11.4. The molecule has 0 saturated carbocycles. The Balaban J connectivity index is 1.84. The molecule has 0 aliphatic rings. The molecule has 4 aromatic rings. The highest BCUT2D eigenvalue weighted by Gasteiger charge is 2.35. The molecule has 0 aliphatic carbocycles. The number of nitrogens with one attached hydrogen (secondary N) is 1. The molecular formula is C37H43N3O6S. The zero-order chi connectivity index (χ0) is 34.0. The number of rotatable bonds is 15. The van der Waals surface area contributed by atoms with Crippen molar-refractivity contribution in [1.82, 2.24) is 10.2 Å². The van der Waals surface area contributed by atoms with Crippen molar-refractivity contribution >= 4 is 27.5 Å². The normalized spacial score (nSPS) is 12.4. The molecule has 0 aliphatic heterocycles. The number of hydrogen-bond donors (Lipinski definition) is 1. The number of amides is 2. The third-order valence-electron chi connectivity index (χ3n) is 8.00. The monoisotopic (exact) mass is 657 g/mol. The van der Waals surface area contributed by atoms with Gasteiger partial charge in [-0.2, -0.15) is 0 Å². The van der Waals surface area contributed by atoms with Gasteiger partial charge in [0.2, 0.25) is 11.8 Å². The summed E-state index contributed by atoms with van der Waals surface area (Å²) in [4.78, 5) is 30.2. The van der Waals surface area contributed by atoms with E-state index < -0.39 is 28.5 Å². The highest BCUT2D eigenvalue weighted by atomic mass is 32.2. The van der Waals surface area contributed by atoms with Crippen molar-refractivity contribution in [1.29, 1.82) is 0 Å². The van der Waals surface area contributed by atoms with Crippen LogP contribution in [0.2, 0.25) is 0 Å². The average molecular weight is 658 g/mol. The van der Waals surface area contributed by atoms with E-state index in [2.05, 4.69) is 5.32 Å². The Morgan fingerprint density at radius 1 is 0.830 bits per heavy atom. The molecule has 2 amide bonds. The van der Waals surface area contributed by atoms with E-state index in [1.807, 2.05) is 63.2 Å². The topological polar surface area (TPSA) is 105 Å². The SMILES string of the molecule is CC[C@@H](C)NC(=O)[C@@H](Cc1ccccc1)N(Cc1cccc(OC)c1)C(=O)CN(c1ccccc1OC)S(=O)(=O)c1ccc(C)cc1. The lowest BCUT2D eigenvalue weighted by Crippen LogP contribution is -2.54. The fourth-order valence-electron chi connectivity index (χ4n) is 5.15. The van der Waals surface area contributed by atoms with Gasteiger partial charge < -0.3 is 19.7 Å². The minimum absolute atomic E-state index is 0.0245. The predicted octanol–water partition coefficient (Wildman–Crippen LogP) is 5.76. The number of nitrogens with zero attached hydrogens (tertiary/aromatic N) is 2. The number of anilines is 1. The van der Waals surface area contributed by atoms with Gasteiger partial charge in [0, 0.05) is 19.0 Å². The van der Waals surface area contributed by atoms with Gasteiger partial charge in [-0.25, -0.2) is 8.42 Å². The molecule has 4 rings (SSSR count). The van der Waals surface area contributed by atoms with Crippen molar-refractivity contribution in [2.75, 3.05) is 25.1 Å². The molecule has 9 nitrogen and oxygen atoms in total. The van der Waals surface area contributed by atoms with Crippen LogP contribution in [0, 0.1) is 6.92 Å². The van der Waals surface area contributed by atoms with Gasteiger partial charge in [0.1, 0.15) is 24.1 Å². The Bertz CT molecular complexity index is 1750. The molecule has 0 radical (unpaired) electrons. The summed E-state index contributed by atoms with van der Waals surface area (Å²) < 4.78 is 40.6. The van der Waals surface area contributed by atoms with Gasteiger partial charge in [-0.05, 0) is 67.8 Å². The van der Waals surface area contributed by atoms with Crippen LogP contribution in [0.15, 0.2) is 108 Å². The summed E-state index contributed by atoms with van der Waals surface area (Å²) in [6.07, 6.45) is 0.919. The predicted molar refractivity (Wildman–Crippen MR) is 184 cm³/mol. The van der Waals surface area contributed by atoms with Crippen LogP contribution in [-0.4, -0.2) is 58.0 Å². The first-order chi connectivity index (χ1) is 22.6. The zero-order valence-corrected chi connectivity index (χ0v) is 28.4. The molecule has 47 heavy (non-hydrogen) atoms. The molecule has 0 saturated heterocycles. The van der Waals surface area contributed by atoms with E-state index in [1.165, 1.54) is 24.1 Å². The highest BCUT2D eigenvalue weighted by molar-refractivity contribution is 7.92. The first-order valence-corrected chi connectivity index (χ1v) is 17.0. The molecule has 0 aromatic heterocycles. The summed E-state index contributed by atoms with van der Waals surface area (Å²) in [7, 11) is -1.26. The summed E-state index contributed by atoms with van der Waals surface area (Å²) in [5.74, 6) is -0.0128. The van der Waals surface area contributed by atoms with Crippen molar-refractivity contribution < 1.29 is 27.5 Å². The fourth-order valence-corrected chi connectivity index (χ4v) is 6.57. The summed E-state index contributed by atoms with van der Waals surface area (Å²) in [6, 6.07) is 28.7. The van der Waals surface area contributed by atoms with Gasteiger partial charge in [-0.3, -0.25) is 13.9 Å². The van der Waals surface area contributed by atoms with E-state index in [4.69, 9.17) is 9.47 Å². The molecule has 0 heterocycles. The number of ether oxygens (including phenoxy) is 2. The van der Waals surface area contributed by atoms with E-state index in [9.17, 15) is 18.0 Å². The van der Waals surface area contributed by atoms with Gasteiger partial charge in [-0.15, -0.1) is 0 Å². The minimum Gasteiger partial charge on any atom is -0.497 e. The maximum absolute atomic E-state index is 14.7. The van der Waals surface area contributed by atoms with Crippen molar-refractivity contribution in [2.45, 2.75) is 57.1 Å². The number of sulfonamides is 1. The molecule has 0 fully saturated rings. The minimum atomic E-state index is -4.26. The van der Waals surface area contributed by atoms with Crippen LogP contribution in [0.25, 0.3) is 0 Å². The number of methoxy groups -OCH3 is 2. The Labute approximate surface area is 278 Å². The number of carbonyl (C=O) groups excluding carboxylic acids is 2. The fraction of sp³-hybridized carbons (Fsp3) is 0.297. The van der Waals surface area contributed by atoms with E-state index in [-0.39, 0.29) is 41.2 Å². The Kier molecular flexibility index (Phi) is 12.0. The van der Waals surface area contributed by atoms with Crippen LogP contribution in [-0.2, 0) is 32.6 Å². The van der Waals surface area contributed by atoms with Crippen LogP contribution in [0.4, 0.5) is 5.69 Å². The third kappa shape index (κ3) is 8.92. The molecular weight excluding hydrogens is 614 g/mol. The smallest absolute Gasteiger partial charge is 0.264 e. The summed E-state index contributed by atoms with van der Waals surface area (Å²) in [6.45, 7) is 5.20. The molecule has 2 atom stereocenters. The molecule has 4 aromatic carbocycles. The lowest BCUT2D eigenvalue weighted by Gasteiger charge is -2.34. The maximum Gasteiger partial charge on any atom is 0.264 e. The van der Waals surface area contributed by atoms with Crippen molar-refractivity contribution in [3.05, 3.63) is 120 Å². The molecule has 0 spiro atoms. The largest absolute Gasteiger partial charge is 0.497 e. The van der Waals surface area contributed by atoms with E-state index in [1.54, 1.807) is 55.6 Å². The molecule has 0 unspecified atom stereocenters. The first-order valence-electron chi connectivity index (χ1n) is 15.6. The van der Waals surface area contributed by atoms with Gasteiger partial charge >= 0.3 is 0 Å². The Morgan fingerprint density at radius 2 is 1.49 bits per heavy atom. The van der Waals surface area contributed by atoms with Crippen LogP contribution in [0.1, 0.15) is 37.0 Å². The van der Waals surface area contributed by atoms with Crippen molar-refractivity contribution in [3.8, 4) is 11.5 Å². The Hall–Kier alpha value is -4.83. The highest BCUT2D eigenvalue weighted by Crippen LogP contribution is 2.33. The molecule has 1 N–H and O–H groups in total. The molecule has 0 bridgehead atoms. The first kappa shape index (κ1) is 35.0. The van der Waals surface area contributed by atoms with Crippen LogP contribution < -0.4 is 19.1 Å². The summed E-state index contributed by atoms with van der Waals surface area (Å²) in [5, 5.41) is 3.05. The van der Waals surface area contributed by atoms with E-state index >= 15 is 0 Å². The van der Waals surface area contributed by atoms with Crippen molar-refractivity contribution in [2.24, 2.45) is 0 Å². The lowest BCUT2D eigenvalue weighted by atomic mass is 10.0. The number of para-hydroxylation sites is 2. The maximum atomic E-state index is 14.7. The summed E-state index contributed by atoms with van der Waals surface area (Å²) in [5.41, 5.74) is 2.67. The number of benzene rings is 4.